The summed E-state index contributed by atoms with van der Waals surface area (Å²) in [5.74, 6) is -3.60. The molecule has 0 unspecified atom stereocenters. The van der Waals surface area contributed by atoms with Crippen LogP contribution < -0.4 is 5.32 Å². The first-order valence-electron chi connectivity index (χ1n) is 13.7. The topological polar surface area (TPSA) is 132 Å². The van der Waals surface area contributed by atoms with Crippen LogP contribution in [0, 0.1) is 5.92 Å². The molecule has 42 heavy (non-hydrogen) atoms. The van der Waals surface area contributed by atoms with E-state index in [1.54, 1.807) is 84.9 Å². The summed E-state index contributed by atoms with van der Waals surface area (Å²) < 4.78 is 76.5. The van der Waals surface area contributed by atoms with Gasteiger partial charge in [0.25, 0.3) is 0 Å². The number of carbonyl (C=O) groups excluding carboxylic acids is 1. The van der Waals surface area contributed by atoms with Crippen LogP contribution in [0.3, 0.4) is 0 Å². The fraction of sp³-hybridized carbons (Fsp3) is 0.323. The molecule has 0 bridgehead atoms. The van der Waals surface area contributed by atoms with E-state index in [-0.39, 0.29) is 22.9 Å². The number of nitrogens with one attached hydrogen (secondary N) is 1. The number of carbonyl (C=O) groups is 1. The molecule has 0 radical (unpaired) electrons. The third-order valence-electron chi connectivity index (χ3n) is 6.43. The van der Waals surface area contributed by atoms with Gasteiger partial charge in [-0.2, -0.15) is 0 Å². The Kier molecular flexibility index (Phi) is 12.5. The van der Waals surface area contributed by atoms with Gasteiger partial charge < -0.3 is 5.32 Å². The SMILES string of the molecule is O=C(NCCCCCC=CS(=O)(=O)c1ccccc1)C(CS(=O)(=O)Cc1ccccc1)CS(=O)(=O)Cc1ccccc1. The zero-order chi connectivity index (χ0) is 30.5. The van der Waals surface area contributed by atoms with Crippen LogP contribution >= 0.6 is 0 Å². The molecule has 8 nitrogen and oxygen atoms in total. The lowest BCUT2D eigenvalue weighted by Gasteiger charge is -2.17. The Morgan fingerprint density at radius 2 is 1.12 bits per heavy atom. The normalized spacial score (nSPS) is 12.5. The molecular formula is C31H37NO7S3. The molecule has 0 saturated heterocycles. The summed E-state index contributed by atoms with van der Waals surface area (Å²) in [6, 6.07) is 25.3. The number of allylic oxidation sites excluding steroid dienone is 1. The quantitative estimate of drug-likeness (QED) is 0.217. The summed E-state index contributed by atoms with van der Waals surface area (Å²) in [6.45, 7) is 0.249. The van der Waals surface area contributed by atoms with Crippen molar-refractivity contribution in [1.82, 2.24) is 5.32 Å². The van der Waals surface area contributed by atoms with Crippen molar-refractivity contribution in [2.45, 2.75) is 42.1 Å². The van der Waals surface area contributed by atoms with Crippen LogP contribution in [0.5, 0.6) is 0 Å². The molecule has 0 heterocycles. The number of unbranched alkanes of at least 4 members (excludes halogenated alkanes) is 3. The maximum absolute atomic E-state index is 13.1. The molecule has 3 aromatic rings. The average Bonchev–Trinajstić information content (AvgIpc) is 2.94. The molecule has 0 fully saturated rings. The van der Waals surface area contributed by atoms with Crippen molar-refractivity contribution < 1.29 is 30.0 Å². The molecule has 226 valence electrons. The van der Waals surface area contributed by atoms with Gasteiger partial charge in [-0.05, 0) is 42.5 Å². The molecule has 0 aliphatic heterocycles. The minimum atomic E-state index is -3.78. The maximum Gasteiger partial charge on any atom is 0.225 e. The highest BCUT2D eigenvalue weighted by molar-refractivity contribution is 7.94. The van der Waals surface area contributed by atoms with Gasteiger partial charge in [-0.25, -0.2) is 25.3 Å². The van der Waals surface area contributed by atoms with Gasteiger partial charge >= 0.3 is 0 Å². The number of sulfone groups is 3. The van der Waals surface area contributed by atoms with Crippen LogP contribution in [0.4, 0.5) is 0 Å². The van der Waals surface area contributed by atoms with E-state index in [4.69, 9.17) is 0 Å². The van der Waals surface area contributed by atoms with Gasteiger partial charge in [0.1, 0.15) is 0 Å². The van der Waals surface area contributed by atoms with E-state index in [0.29, 0.717) is 36.8 Å². The first kappa shape index (κ1) is 33.2. The van der Waals surface area contributed by atoms with Gasteiger partial charge in [0.05, 0.1) is 33.8 Å². The molecule has 1 N–H and O–H groups in total. The van der Waals surface area contributed by atoms with Crippen LogP contribution in [0.2, 0.25) is 0 Å². The molecule has 0 saturated carbocycles. The fourth-order valence-electron chi connectivity index (χ4n) is 4.39. The summed E-state index contributed by atoms with van der Waals surface area (Å²) in [5, 5.41) is 3.91. The van der Waals surface area contributed by atoms with Crippen LogP contribution in [0.15, 0.2) is 107 Å². The van der Waals surface area contributed by atoms with Crippen molar-refractivity contribution in [3.05, 3.63) is 114 Å². The van der Waals surface area contributed by atoms with Gasteiger partial charge in [0.2, 0.25) is 5.91 Å². The van der Waals surface area contributed by atoms with E-state index < -0.39 is 52.8 Å². The van der Waals surface area contributed by atoms with Crippen LogP contribution in [-0.2, 0) is 45.8 Å². The minimum Gasteiger partial charge on any atom is -0.356 e. The average molecular weight is 632 g/mol. The molecule has 3 rings (SSSR count). The lowest BCUT2D eigenvalue weighted by atomic mass is 10.1. The Morgan fingerprint density at radius 3 is 1.62 bits per heavy atom. The van der Waals surface area contributed by atoms with Gasteiger partial charge in [-0.3, -0.25) is 4.79 Å². The summed E-state index contributed by atoms with van der Waals surface area (Å²) in [4.78, 5) is 13.3. The fourth-order valence-corrected chi connectivity index (χ4v) is 9.02. The van der Waals surface area contributed by atoms with Crippen molar-refractivity contribution in [2.75, 3.05) is 18.1 Å². The van der Waals surface area contributed by atoms with Crippen LogP contribution in [0.25, 0.3) is 0 Å². The van der Waals surface area contributed by atoms with E-state index in [2.05, 4.69) is 5.32 Å². The summed E-state index contributed by atoms with van der Waals surface area (Å²) >= 11 is 0. The third kappa shape index (κ3) is 11.9. The summed E-state index contributed by atoms with van der Waals surface area (Å²) in [6.07, 6.45) is 4.10. The van der Waals surface area contributed by atoms with Crippen molar-refractivity contribution in [3.8, 4) is 0 Å². The molecule has 0 atom stereocenters. The highest BCUT2D eigenvalue weighted by Crippen LogP contribution is 2.16. The van der Waals surface area contributed by atoms with Crippen LogP contribution in [0.1, 0.15) is 36.8 Å². The molecule has 11 heteroatoms. The molecule has 0 aliphatic carbocycles. The molecule has 1 amide bonds. The number of hydrogen-bond donors (Lipinski definition) is 1. The van der Waals surface area contributed by atoms with E-state index in [1.807, 2.05) is 0 Å². The zero-order valence-electron chi connectivity index (χ0n) is 23.3. The lowest BCUT2D eigenvalue weighted by Crippen LogP contribution is -2.39. The summed E-state index contributed by atoms with van der Waals surface area (Å²) in [7, 11) is -11.1. The molecule has 3 aromatic carbocycles. The number of benzene rings is 3. The monoisotopic (exact) mass is 631 g/mol. The lowest BCUT2D eigenvalue weighted by molar-refractivity contribution is -0.123. The first-order chi connectivity index (χ1) is 20.0. The Labute approximate surface area is 249 Å². The highest BCUT2D eigenvalue weighted by atomic mass is 32.2. The second-order valence-corrected chi connectivity index (χ2v) is 16.2. The van der Waals surface area contributed by atoms with Gasteiger partial charge in [-0.1, -0.05) is 91.4 Å². The Bertz CT molecular complexity index is 1550. The summed E-state index contributed by atoms with van der Waals surface area (Å²) in [5.41, 5.74) is 1.13. The predicted molar refractivity (Wildman–Crippen MR) is 166 cm³/mol. The van der Waals surface area contributed by atoms with E-state index in [9.17, 15) is 30.0 Å². The van der Waals surface area contributed by atoms with Crippen LogP contribution in [-0.4, -0.2) is 49.2 Å². The smallest absolute Gasteiger partial charge is 0.225 e. The first-order valence-corrected chi connectivity index (χ1v) is 18.9. The van der Waals surface area contributed by atoms with Crippen molar-refractivity contribution in [1.29, 1.82) is 0 Å². The maximum atomic E-state index is 13.1. The Hall–Kier alpha value is -3.28. The molecule has 0 aliphatic rings. The van der Waals surface area contributed by atoms with Gasteiger partial charge in [0, 0.05) is 12.0 Å². The Morgan fingerprint density at radius 1 is 0.643 bits per heavy atom. The number of hydrogen-bond acceptors (Lipinski definition) is 7. The minimum absolute atomic E-state index is 0.232. The third-order valence-corrected chi connectivity index (χ3v) is 11.3. The second-order valence-electron chi connectivity index (χ2n) is 10.1. The largest absolute Gasteiger partial charge is 0.356 e. The molecule has 0 spiro atoms. The number of rotatable bonds is 17. The zero-order valence-corrected chi connectivity index (χ0v) is 25.8. The molecule has 0 aromatic heterocycles. The Balaban J connectivity index is 1.54. The number of amides is 1. The van der Waals surface area contributed by atoms with Gasteiger partial charge in [0.15, 0.2) is 29.5 Å². The van der Waals surface area contributed by atoms with Crippen molar-refractivity contribution >= 4 is 35.4 Å². The predicted octanol–water partition coefficient (Wildman–Crippen LogP) is 4.50. The van der Waals surface area contributed by atoms with Crippen molar-refractivity contribution in [3.63, 3.8) is 0 Å². The second kappa shape index (κ2) is 15.8. The van der Waals surface area contributed by atoms with E-state index in [0.717, 1.165) is 0 Å². The van der Waals surface area contributed by atoms with Gasteiger partial charge in [-0.15, -0.1) is 0 Å². The van der Waals surface area contributed by atoms with Crippen molar-refractivity contribution in [2.24, 2.45) is 5.92 Å². The highest BCUT2D eigenvalue weighted by Gasteiger charge is 2.30. The van der Waals surface area contributed by atoms with E-state index in [1.165, 1.54) is 17.5 Å². The van der Waals surface area contributed by atoms with E-state index >= 15 is 0 Å². The molecular weight excluding hydrogens is 595 g/mol. The standard InChI is InChI=1S/C31H37NO7S3/c33-31(32-21-13-2-1-3-14-22-42(38,39)30-19-11-6-12-20-30)29(25-40(34,35)23-27-15-7-4-8-16-27)26-41(36,37)24-28-17-9-5-10-18-28/h4-12,14-20,22,29H,1-3,13,21,23-26H2,(H,32,33).